The minimum absolute atomic E-state index is 0.0868. The van der Waals surface area contributed by atoms with Gasteiger partial charge >= 0.3 is 0 Å². The Kier molecular flexibility index (Phi) is 6.35. The summed E-state index contributed by atoms with van der Waals surface area (Å²) < 4.78 is 52.9. The molecule has 0 aliphatic heterocycles. The van der Waals surface area contributed by atoms with Crippen LogP contribution in [0.1, 0.15) is 18.9 Å². The van der Waals surface area contributed by atoms with Crippen molar-refractivity contribution in [2.45, 2.75) is 18.2 Å². The summed E-state index contributed by atoms with van der Waals surface area (Å²) in [6, 6.07) is 14.6. The molecule has 0 spiro atoms. The van der Waals surface area contributed by atoms with Crippen LogP contribution in [0, 0.1) is 0 Å². The first-order valence-corrected chi connectivity index (χ1v) is 10.7. The van der Waals surface area contributed by atoms with Gasteiger partial charge in [0.2, 0.25) is 10.0 Å². The molecule has 6 nitrogen and oxygen atoms in total. The lowest BCUT2D eigenvalue weighted by Gasteiger charge is -2.08. The van der Waals surface area contributed by atoms with Crippen molar-refractivity contribution < 1.29 is 16.8 Å². The van der Waals surface area contributed by atoms with Gasteiger partial charge in [-0.1, -0.05) is 37.3 Å². The number of rotatable bonds is 8. The van der Waals surface area contributed by atoms with Gasteiger partial charge < -0.3 is 0 Å². The SMILES string of the molecule is CCCNS(=O)(=O)c1ccc(NS(=O)(=O)/C=C/c2ccccc2)cc1. The molecular formula is C17H20N2O4S2. The predicted molar refractivity (Wildman–Crippen MR) is 99.9 cm³/mol. The lowest BCUT2D eigenvalue weighted by molar-refractivity contribution is 0.581. The number of hydrogen-bond donors (Lipinski definition) is 2. The summed E-state index contributed by atoms with van der Waals surface area (Å²) >= 11 is 0. The summed E-state index contributed by atoms with van der Waals surface area (Å²) in [5, 5.41) is 1.07. The molecule has 0 radical (unpaired) electrons. The lowest BCUT2D eigenvalue weighted by atomic mass is 10.2. The molecule has 2 N–H and O–H groups in total. The van der Waals surface area contributed by atoms with Gasteiger partial charge in [0, 0.05) is 12.2 Å². The van der Waals surface area contributed by atoms with Gasteiger partial charge in [-0.05, 0) is 42.3 Å². The summed E-state index contributed by atoms with van der Waals surface area (Å²) in [5.41, 5.74) is 1.04. The van der Waals surface area contributed by atoms with E-state index in [9.17, 15) is 16.8 Å². The summed E-state index contributed by atoms with van der Waals surface area (Å²) in [6.45, 7) is 2.21. The van der Waals surface area contributed by atoms with Crippen LogP contribution in [0.3, 0.4) is 0 Å². The second-order valence-electron chi connectivity index (χ2n) is 5.28. The van der Waals surface area contributed by atoms with E-state index in [1.807, 2.05) is 25.1 Å². The average Bonchev–Trinajstić information content (AvgIpc) is 2.59. The summed E-state index contributed by atoms with van der Waals surface area (Å²) in [5.74, 6) is 0. The molecule has 134 valence electrons. The smallest absolute Gasteiger partial charge is 0.255 e. The highest BCUT2D eigenvalue weighted by molar-refractivity contribution is 7.95. The van der Waals surface area contributed by atoms with Gasteiger partial charge in [-0.25, -0.2) is 21.6 Å². The lowest BCUT2D eigenvalue weighted by Crippen LogP contribution is -2.24. The molecule has 0 fully saturated rings. The van der Waals surface area contributed by atoms with Crippen LogP contribution in [0.15, 0.2) is 64.9 Å². The van der Waals surface area contributed by atoms with Crippen molar-refractivity contribution in [1.29, 1.82) is 0 Å². The first kappa shape index (κ1) is 19.2. The molecule has 0 bridgehead atoms. The molecule has 0 aliphatic rings. The monoisotopic (exact) mass is 380 g/mol. The standard InChI is InChI=1S/C17H20N2O4S2/c1-2-13-18-25(22,23)17-10-8-16(9-11-17)19-24(20,21)14-12-15-6-4-3-5-7-15/h3-12,14,18-19H,2,13H2,1H3/b14-12+. The van der Waals surface area contributed by atoms with Crippen LogP contribution in [-0.2, 0) is 20.0 Å². The molecule has 0 atom stereocenters. The summed E-state index contributed by atoms with van der Waals surface area (Å²) in [4.78, 5) is 0.0868. The fourth-order valence-corrected chi connectivity index (χ4v) is 3.96. The Labute approximate surface area is 148 Å². The van der Waals surface area contributed by atoms with Crippen LogP contribution in [0.5, 0.6) is 0 Å². The van der Waals surface area contributed by atoms with E-state index in [1.165, 1.54) is 30.3 Å². The highest BCUT2D eigenvalue weighted by atomic mass is 32.2. The maximum Gasteiger partial charge on any atom is 0.255 e. The van der Waals surface area contributed by atoms with E-state index >= 15 is 0 Å². The zero-order valence-electron chi connectivity index (χ0n) is 13.7. The Morgan fingerprint density at radius 3 is 2.16 bits per heavy atom. The Hall–Kier alpha value is -2.16. The van der Waals surface area contributed by atoms with E-state index in [0.717, 1.165) is 11.0 Å². The fraction of sp³-hybridized carbons (Fsp3) is 0.176. The zero-order valence-corrected chi connectivity index (χ0v) is 15.3. The minimum Gasteiger partial charge on any atom is -0.280 e. The van der Waals surface area contributed by atoms with Gasteiger partial charge in [0.05, 0.1) is 10.3 Å². The third-order valence-electron chi connectivity index (χ3n) is 3.21. The highest BCUT2D eigenvalue weighted by Gasteiger charge is 2.13. The predicted octanol–water partition coefficient (Wildman–Crippen LogP) is 2.79. The topological polar surface area (TPSA) is 92.3 Å². The second kappa shape index (κ2) is 8.28. The van der Waals surface area contributed by atoms with Crippen LogP contribution in [0.2, 0.25) is 0 Å². The van der Waals surface area contributed by atoms with Crippen molar-refractivity contribution >= 4 is 31.8 Å². The van der Waals surface area contributed by atoms with E-state index in [0.29, 0.717) is 13.0 Å². The number of hydrogen-bond acceptors (Lipinski definition) is 4. The van der Waals surface area contributed by atoms with Gasteiger partial charge in [0.1, 0.15) is 0 Å². The van der Waals surface area contributed by atoms with Crippen molar-refractivity contribution in [3.05, 3.63) is 65.6 Å². The number of sulfonamides is 2. The largest absolute Gasteiger partial charge is 0.280 e. The van der Waals surface area contributed by atoms with Crippen molar-refractivity contribution in [1.82, 2.24) is 4.72 Å². The molecular weight excluding hydrogens is 360 g/mol. The van der Waals surface area contributed by atoms with Crippen LogP contribution in [-0.4, -0.2) is 23.4 Å². The quantitative estimate of drug-likeness (QED) is 0.736. The Morgan fingerprint density at radius 1 is 0.920 bits per heavy atom. The summed E-state index contributed by atoms with van der Waals surface area (Å²) in [6.07, 6.45) is 2.17. The third-order valence-corrected chi connectivity index (χ3v) is 5.70. The first-order valence-electron chi connectivity index (χ1n) is 7.68. The van der Waals surface area contributed by atoms with Crippen molar-refractivity contribution in [2.75, 3.05) is 11.3 Å². The molecule has 0 unspecified atom stereocenters. The first-order chi connectivity index (χ1) is 11.8. The normalized spacial score (nSPS) is 12.4. The van der Waals surface area contributed by atoms with Gasteiger partial charge in [0.25, 0.3) is 10.0 Å². The third kappa shape index (κ3) is 6.00. The van der Waals surface area contributed by atoms with Crippen LogP contribution in [0.4, 0.5) is 5.69 Å². The number of benzene rings is 2. The summed E-state index contributed by atoms with van der Waals surface area (Å²) in [7, 11) is -7.26. The van der Waals surface area contributed by atoms with Crippen molar-refractivity contribution in [2.24, 2.45) is 0 Å². The van der Waals surface area contributed by atoms with Gasteiger partial charge in [-0.3, -0.25) is 4.72 Å². The van der Waals surface area contributed by atoms with Crippen molar-refractivity contribution in [3.8, 4) is 0 Å². The number of nitrogens with one attached hydrogen (secondary N) is 2. The molecule has 0 saturated carbocycles. The van der Waals surface area contributed by atoms with Gasteiger partial charge in [-0.2, -0.15) is 0 Å². The van der Waals surface area contributed by atoms with Crippen LogP contribution >= 0.6 is 0 Å². The fourth-order valence-electron chi connectivity index (χ4n) is 1.95. The molecule has 0 heterocycles. The molecule has 2 aromatic rings. The average molecular weight is 380 g/mol. The molecule has 0 aromatic heterocycles. The van der Waals surface area contributed by atoms with E-state index in [-0.39, 0.29) is 10.6 Å². The molecule has 2 aromatic carbocycles. The van der Waals surface area contributed by atoms with E-state index in [1.54, 1.807) is 12.1 Å². The molecule has 0 aliphatic carbocycles. The van der Waals surface area contributed by atoms with Crippen LogP contribution in [0.25, 0.3) is 6.08 Å². The Morgan fingerprint density at radius 2 is 1.56 bits per heavy atom. The molecule has 0 saturated heterocycles. The van der Waals surface area contributed by atoms with E-state index < -0.39 is 20.0 Å². The van der Waals surface area contributed by atoms with Crippen LogP contribution < -0.4 is 9.44 Å². The van der Waals surface area contributed by atoms with Gasteiger partial charge in [-0.15, -0.1) is 0 Å². The zero-order chi connectivity index (χ0) is 18.3. The maximum absolute atomic E-state index is 12.1. The van der Waals surface area contributed by atoms with E-state index in [4.69, 9.17) is 0 Å². The van der Waals surface area contributed by atoms with Gasteiger partial charge in [0.15, 0.2) is 0 Å². The minimum atomic E-state index is -3.69. The second-order valence-corrected chi connectivity index (χ2v) is 8.62. The molecule has 25 heavy (non-hydrogen) atoms. The molecule has 2 rings (SSSR count). The van der Waals surface area contributed by atoms with Crippen molar-refractivity contribution in [3.63, 3.8) is 0 Å². The van der Waals surface area contributed by atoms with E-state index in [2.05, 4.69) is 9.44 Å². The highest BCUT2D eigenvalue weighted by Crippen LogP contribution is 2.16. The number of anilines is 1. The molecule has 8 heteroatoms. The maximum atomic E-state index is 12.1. The Bertz CT molecular complexity index is 920. The molecule has 0 amide bonds. The Balaban J connectivity index is 2.09.